The number of halogens is 2. The number of aromatic nitrogens is 1. The lowest BCUT2D eigenvalue weighted by Crippen LogP contribution is -2.52. The van der Waals surface area contributed by atoms with Gasteiger partial charge in [-0.1, -0.05) is 22.0 Å². The van der Waals surface area contributed by atoms with Crippen molar-refractivity contribution in [3.05, 3.63) is 63.2 Å². The lowest BCUT2D eigenvalue weighted by Gasteiger charge is -2.35. The fraction of sp³-hybridized carbons (Fsp3) is 0.364. The number of carboxylic acid groups (broad SMARTS) is 1. The third-order valence-electron chi connectivity index (χ3n) is 5.64. The number of nitrogens with one attached hydrogen (secondary N) is 1. The average Bonchev–Trinajstić information content (AvgIpc) is 3.24. The van der Waals surface area contributed by atoms with Gasteiger partial charge in [0.15, 0.2) is 12.2 Å². The molecular formula is C22H22BrFN4O6. The Bertz CT molecular complexity index is 1180. The number of hydrogen-bond acceptors (Lipinski definition) is 9. The molecule has 0 spiro atoms. The number of carbonyl (C=O) groups excluding carboxylic acids is 1. The van der Waals surface area contributed by atoms with Crippen LogP contribution in [0.3, 0.4) is 0 Å². The number of esters is 1. The van der Waals surface area contributed by atoms with Crippen molar-refractivity contribution < 1.29 is 33.0 Å². The fourth-order valence-electron chi connectivity index (χ4n) is 3.93. The van der Waals surface area contributed by atoms with Gasteiger partial charge < -0.3 is 24.3 Å². The minimum Gasteiger partial charge on any atom is -0.480 e. The predicted octanol–water partition coefficient (Wildman–Crippen LogP) is 2.19. The van der Waals surface area contributed by atoms with E-state index in [1.165, 1.54) is 31.7 Å². The number of amidine groups is 1. The van der Waals surface area contributed by atoms with E-state index in [2.05, 4.69) is 26.2 Å². The summed E-state index contributed by atoms with van der Waals surface area (Å²) in [6, 6.07) is 2.31. The van der Waals surface area contributed by atoms with Gasteiger partial charge in [0.25, 0.3) is 0 Å². The smallest absolute Gasteiger partial charge is 0.338 e. The van der Waals surface area contributed by atoms with Gasteiger partial charge in [0.05, 0.1) is 25.9 Å². The minimum atomic E-state index is -1.03. The number of morpholine rings is 1. The summed E-state index contributed by atoms with van der Waals surface area (Å²) in [4.78, 5) is 35.4. The Morgan fingerprint density at radius 3 is 2.85 bits per heavy atom. The van der Waals surface area contributed by atoms with E-state index in [4.69, 9.17) is 18.9 Å². The van der Waals surface area contributed by atoms with Gasteiger partial charge in [-0.2, -0.15) is 0 Å². The van der Waals surface area contributed by atoms with E-state index in [1.54, 1.807) is 11.8 Å². The van der Waals surface area contributed by atoms with Crippen molar-refractivity contribution in [2.24, 2.45) is 4.99 Å². The van der Waals surface area contributed by atoms with Crippen molar-refractivity contribution in [1.82, 2.24) is 15.2 Å². The zero-order valence-electron chi connectivity index (χ0n) is 18.4. The van der Waals surface area contributed by atoms with Gasteiger partial charge in [-0.15, -0.1) is 0 Å². The summed E-state index contributed by atoms with van der Waals surface area (Å²) in [6.45, 7) is 2.51. The van der Waals surface area contributed by atoms with Gasteiger partial charge in [-0.3, -0.25) is 14.7 Å². The molecular weight excluding hydrogens is 515 g/mol. The van der Waals surface area contributed by atoms with E-state index in [0.29, 0.717) is 46.2 Å². The number of nitrogens with zero attached hydrogens (tertiary/aromatic N) is 3. The Kier molecular flexibility index (Phi) is 7.10. The van der Waals surface area contributed by atoms with Crippen molar-refractivity contribution in [3.8, 4) is 0 Å². The maximum absolute atomic E-state index is 13.8. The normalized spacial score (nSPS) is 21.1. The van der Waals surface area contributed by atoms with Crippen LogP contribution >= 0.6 is 15.9 Å². The van der Waals surface area contributed by atoms with E-state index in [1.807, 2.05) is 0 Å². The van der Waals surface area contributed by atoms with Crippen molar-refractivity contribution in [2.75, 3.05) is 33.4 Å². The van der Waals surface area contributed by atoms with Gasteiger partial charge in [0.2, 0.25) is 0 Å². The number of aliphatic carboxylic acids is 1. The highest BCUT2D eigenvalue weighted by atomic mass is 79.9. The molecule has 2 aromatic rings. The van der Waals surface area contributed by atoms with E-state index in [9.17, 15) is 19.1 Å². The molecule has 2 N–H and O–H groups in total. The summed E-state index contributed by atoms with van der Waals surface area (Å²) in [5.74, 6) is -1.31. The molecule has 2 unspecified atom stereocenters. The standard InChI is InChI=1S/C22H22BrFN4O6/c1-11-18(25-10-34-11)20-26-15(8-28-5-6-33-9-16(28)21(29)30)17(22(31)32-2)19(27-20)13-4-3-12(24)7-14(13)23/h3-4,7,10,16,19H,5-6,8-9H2,1-2H3,(H,26,27)(H,29,30). The van der Waals surface area contributed by atoms with Gasteiger partial charge in [-0.05, 0) is 24.6 Å². The first-order chi connectivity index (χ1) is 16.3. The SMILES string of the molecule is COC(=O)C1=C(CN2CCOCC2C(=O)O)NC(c2ncoc2C)=NC1c1ccc(F)cc1Br. The Morgan fingerprint density at radius 1 is 1.41 bits per heavy atom. The highest BCUT2D eigenvalue weighted by Crippen LogP contribution is 2.37. The molecule has 34 heavy (non-hydrogen) atoms. The number of methoxy groups -OCH3 is 1. The van der Waals surface area contributed by atoms with Crippen LogP contribution in [0.15, 0.2) is 49.7 Å². The molecule has 3 heterocycles. The molecule has 0 amide bonds. The molecule has 0 aliphatic carbocycles. The van der Waals surface area contributed by atoms with Crippen LogP contribution in [-0.2, 0) is 19.1 Å². The molecule has 1 saturated heterocycles. The average molecular weight is 537 g/mol. The van der Waals surface area contributed by atoms with Gasteiger partial charge in [0, 0.05) is 23.3 Å². The monoisotopic (exact) mass is 536 g/mol. The molecule has 4 rings (SSSR count). The summed E-state index contributed by atoms with van der Waals surface area (Å²) >= 11 is 3.37. The highest BCUT2D eigenvalue weighted by molar-refractivity contribution is 9.10. The lowest BCUT2D eigenvalue weighted by atomic mass is 9.94. The summed E-state index contributed by atoms with van der Waals surface area (Å²) in [5, 5.41) is 12.8. The summed E-state index contributed by atoms with van der Waals surface area (Å²) in [7, 11) is 1.25. The van der Waals surface area contributed by atoms with E-state index < -0.39 is 29.8 Å². The number of benzene rings is 1. The Balaban J connectivity index is 1.85. The molecule has 1 aromatic carbocycles. The second-order valence-corrected chi connectivity index (χ2v) is 8.57. The lowest BCUT2D eigenvalue weighted by molar-refractivity contribution is -0.149. The van der Waals surface area contributed by atoms with E-state index in [-0.39, 0.29) is 18.7 Å². The summed E-state index contributed by atoms with van der Waals surface area (Å²) < 4.78 is 29.9. The van der Waals surface area contributed by atoms with Crippen LogP contribution in [0.4, 0.5) is 4.39 Å². The molecule has 2 atom stereocenters. The van der Waals surface area contributed by atoms with Gasteiger partial charge in [-0.25, -0.2) is 14.2 Å². The van der Waals surface area contributed by atoms with Crippen LogP contribution < -0.4 is 5.32 Å². The first-order valence-corrected chi connectivity index (χ1v) is 11.2. The van der Waals surface area contributed by atoms with Crippen LogP contribution in [0.5, 0.6) is 0 Å². The van der Waals surface area contributed by atoms with Crippen LogP contribution in [0, 0.1) is 12.7 Å². The van der Waals surface area contributed by atoms with Crippen LogP contribution in [0.1, 0.15) is 23.1 Å². The Labute approximate surface area is 202 Å². The van der Waals surface area contributed by atoms with Crippen molar-refractivity contribution in [3.63, 3.8) is 0 Å². The maximum Gasteiger partial charge on any atom is 0.338 e. The van der Waals surface area contributed by atoms with E-state index >= 15 is 0 Å². The minimum absolute atomic E-state index is 0.0203. The number of hydrogen-bond donors (Lipinski definition) is 2. The molecule has 0 saturated carbocycles. The quantitative estimate of drug-likeness (QED) is 0.534. The number of carboxylic acids is 1. The third kappa shape index (κ3) is 4.74. The number of carbonyl (C=O) groups is 2. The van der Waals surface area contributed by atoms with Gasteiger partial charge >= 0.3 is 11.9 Å². The molecule has 10 nitrogen and oxygen atoms in total. The van der Waals surface area contributed by atoms with Crippen molar-refractivity contribution in [1.29, 1.82) is 0 Å². The Morgan fingerprint density at radius 2 is 2.21 bits per heavy atom. The van der Waals surface area contributed by atoms with E-state index in [0.717, 1.165) is 0 Å². The molecule has 12 heteroatoms. The zero-order valence-corrected chi connectivity index (χ0v) is 20.0. The molecule has 1 fully saturated rings. The summed E-state index contributed by atoms with van der Waals surface area (Å²) in [6.07, 6.45) is 1.28. The number of ether oxygens (including phenoxy) is 2. The van der Waals surface area contributed by atoms with Crippen LogP contribution in [0.2, 0.25) is 0 Å². The maximum atomic E-state index is 13.8. The Hall–Kier alpha value is -3.09. The largest absolute Gasteiger partial charge is 0.480 e. The van der Waals surface area contributed by atoms with Crippen molar-refractivity contribution >= 4 is 33.7 Å². The molecule has 2 aliphatic heterocycles. The van der Waals surface area contributed by atoms with Crippen LogP contribution in [0.25, 0.3) is 0 Å². The number of oxazole rings is 1. The number of aliphatic imine (C=N–C) groups is 1. The zero-order chi connectivity index (χ0) is 24.4. The second kappa shape index (κ2) is 10.0. The second-order valence-electron chi connectivity index (χ2n) is 7.71. The number of aryl methyl sites for hydroxylation is 1. The molecule has 2 aliphatic rings. The highest BCUT2D eigenvalue weighted by Gasteiger charge is 2.37. The molecule has 0 radical (unpaired) electrons. The third-order valence-corrected chi connectivity index (χ3v) is 6.33. The topological polar surface area (TPSA) is 126 Å². The number of rotatable bonds is 6. The van der Waals surface area contributed by atoms with Crippen molar-refractivity contribution in [2.45, 2.75) is 19.0 Å². The van der Waals surface area contributed by atoms with Crippen LogP contribution in [-0.4, -0.2) is 72.2 Å². The molecule has 180 valence electrons. The predicted molar refractivity (Wildman–Crippen MR) is 121 cm³/mol. The molecule has 1 aromatic heterocycles. The first-order valence-electron chi connectivity index (χ1n) is 10.4. The fourth-order valence-corrected chi connectivity index (χ4v) is 4.50. The first kappa shape index (κ1) is 24.0. The summed E-state index contributed by atoms with van der Waals surface area (Å²) in [5.41, 5.74) is 1.53. The molecule has 0 bridgehead atoms. The van der Waals surface area contributed by atoms with Gasteiger partial charge in [0.1, 0.15) is 29.4 Å².